The Hall–Kier alpha value is -2.87. The van der Waals surface area contributed by atoms with Crippen LogP contribution < -0.4 is 0 Å². The summed E-state index contributed by atoms with van der Waals surface area (Å²) in [5.41, 5.74) is 4.54. The van der Waals surface area contributed by atoms with E-state index in [-0.39, 0.29) is 34.7 Å². The van der Waals surface area contributed by atoms with Gasteiger partial charge in [0, 0.05) is 18.8 Å². The first-order valence-corrected chi connectivity index (χ1v) is 11.7. The van der Waals surface area contributed by atoms with Gasteiger partial charge in [-0.25, -0.2) is 5.06 Å². The highest BCUT2D eigenvalue weighted by Crippen LogP contribution is 2.37. The number of hydrogen-bond acceptors (Lipinski definition) is 4. The average molecular weight is 502 g/mol. The fourth-order valence-electron chi connectivity index (χ4n) is 4.45. The van der Waals surface area contributed by atoms with E-state index < -0.39 is 17.8 Å². The average Bonchev–Trinajstić information content (AvgIpc) is 3.25. The van der Waals surface area contributed by atoms with E-state index in [0.29, 0.717) is 6.42 Å². The third kappa shape index (κ3) is 4.56. The molecule has 3 aromatic rings. The Morgan fingerprint density at radius 3 is 2.50 bits per heavy atom. The number of carbonyl (C=O) groups is 2. The maximum Gasteiger partial charge on any atom is 0.306 e. The third-order valence-electron chi connectivity index (χ3n) is 6.34. The summed E-state index contributed by atoms with van der Waals surface area (Å²) in [5.74, 6) is -1.96. The predicted octanol–water partition coefficient (Wildman–Crippen LogP) is 5.70. The Morgan fingerprint density at radius 2 is 1.91 bits per heavy atom. The van der Waals surface area contributed by atoms with Crippen LogP contribution in [0.25, 0.3) is 11.1 Å². The number of aryl methyl sites for hydroxylation is 1. The fourth-order valence-corrected chi connectivity index (χ4v) is 5.10. The van der Waals surface area contributed by atoms with E-state index in [9.17, 15) is 14.7 Å². The van der Waals surface area contributed by atoms with Crippen LogP contribution >= 0.6 is 23.2 Å². The van der Waals surface area contributed by atoms with Gasteiger partial charge in [0.25, 0.3) is 5.91 Å². The molecule has 9 heteroatoms. The molecule has 0 saturated carbocycles. The van der Waals surface area contributed by atoms with Crippen molar-refractivity contribution in [1.29, 1.82) is 0 Å². The van der Waals surface area contributed by atoms with Crippen molar-refractivity contribution in [2.45, 2.75) is 39.3 Å². The number of rotatable bonds is 6. The first-order valence-electron chi connectivity index (χ1n) is 11.0. The fraction of sp³-hybridized carbons (Fsp3) is 0.320. The monoisotopic (exact) mass is 501 g/mol. The number of nitrogens with zero attached hydrogens (tertiary/aromatic N) is 3. The molecule has 1 aliphatic rings. The molecule has 2 heterocycles. The lowest BCUT2D eigenvalue weighted by Crippen LogP contribution is -2.35. The molecule has 7 nitrogen and oxygen atoms in total. The molecule has 34 heavy (non-hydrogen) atoms. The molecule has 178 valence electrons. The minimum atomic E-state index is -0.836. The predicted molar refractivity (Wildman–Crippen MR) is 130 cm³/mol. The number of aromatic nitrogens is 2. The van der Waals surface area contributed by atoms with E-state index in [1.54, 1.807) is 29.9 Å². The van der Waals surface area contributed by atoms with E-state index >= 15 is 0 Å². The Labute approximate surface area is 207 Å². The van der Waals surface area contributed by atoms with Gasteiger partial charge in [0.1, 0.15) is 6.61 Å². The van der Waals surface area contributed by atoms with Crippen molar-refractivity contribution < 1.29 is 19.5 Å². The Morgan fingerprint density at radius 1 is 1.21 bits per heavy atom. The van der Waals surface area contributed by atoms with Gasteiger partial charge in [-0.2, -0.15) is 5.10 Å². The number of hydroxylamine groups is 2. The van der Waals surface area contributed by atoms with Crippen LogP contribution in [-0.4, -0.2) is 31.8 Å². The number of benzene rings is 2. The third-order valence-corrected chi connectivity index (χ3v) is 6.94. The zero-order valence-electron chi connectivity index (χ0n) is 19.1. The molecule has 0 bridgehead atoms. The van der Waals surface area contributed by atoms with Crippen molar-refractivity contribution in [2.24, 2.45) is 13.0 Å². The second kappa shape index (κ2) is 9.78. The van der Waals surface area contributed by atoms with Gasteiger partial charge in [-0.3, -0.25) is 19.1 Å². The number of hydrogen-bond donors (Lipinski definition) is 1. The molecule has 4 rings (SSSR count). The molecular weight excluding hydrogens is 477 g/mol. The standard InChI is InChI=1S/C25H25Cl2N3O4/c1-4-18(14(2)25(32)33)19-7-5-6-15-12-30(34-13-20(15)19)24(31)23-21(26)8-16(9-22(23)27)17-10-28-29(3)11-17/h5-11,14,18H,4,12-13H2,1-3H3,(H,32,33). The lowest BCUT2D eigenvalue weighted by Gasteiger charge is -2.32. The minimum Gasteiger partial charge on any atom is -0.481 e. The van der Waals surface area contributed by atoms with Crippen LogP contribution in [0.5, 0.6) is 0 Å². The maximum atomic E-state index is 13.3. The highest BCUT2D eigenvalue weighted by Gasteiger charge is 2.31. The summed E-state index contributed by atoms with van der Waals surface area (Å²) in [6, 6.07) is 9.13. The van der Waals surface area contributed by atoms with Gasteiger partial charge in [0.05, 0.1) is 34.3 Å². The summed E-state index contributed by atoms with van der Waals surface area (Å²) >= 11 is 13.0. The Balaban J connectivity index is 1.61. The van der Waals surface area contributed by atoms with Crippen LogP contribution in [0.3, 0.4) is 0 Å². The lowest BCUT2D eigenvalue weighted by atomic mass is 9.81. The Bertz CT molecular complexity index is 1230. The molecule has 1 aromatic heterocycles. The molecule has 0 radical (unpaired) electrons. The van der Waals surface area contributed by atoms with Crippen LogP contribution in [0.15, 0.2) is 42.7 Å². The zero-order valence-corrected chi connectivity index (χ0v) is 20.6. The van der Waals surface area contributed by atoms with Crippen molar-refractivity contribution in [1.82, 2.24) is 14.8 Å². The van der Waals surface area contributed by atoms with E-state index in [1.807, 2.05) is 38.4 Å². The van der Waals surface area contributed by atoms with Crippen molar-refractivity contribution in [3.63, 3.8) is 0 Å². The second-order valence-corrected chi connectivity index (χ2v) is 9.27. The number of aliphatic carboxylic acids is 1. The van der Waals surface area contributed by atoms with Crippen LogP contribution in [0, 0.1) is 5.92 Å². The summed E-state index contributed by atoms with van der Waals surface area (Å²) in [4.78, 5) is 30.7. The van der Waals surface area contributed by atoms with Crippen molar-refractivity contribution in [2.75, 3.05) is 0 Å². The summed E-state index contributed by atoms with van der Waals surface area (Å²) in [7, 11) is 1.81. The normalized spacial score (nSPS) is 15.0. The first kappa shape index (κ1) is 24.3. The van der Waals surface area contributed by atoms with Gasteiger partial charge in [0.2, 0.25) is 0 Å². The molecule has 2 aromatic carbocycles. The van der Waals surface area contributed by atoms with E-state index in [1.165, 1.54) is 5.06 Å². The van der Waals surface area contributed by atoms with Gasteiger partial charge in [-0.15, -0.1) is 0 Å². The number of carbonyl (C=O) groups excluding carboxylic acids is 1. The number of fused-ring (bicyclic) bond motifs is 1. The second-order valence-electron chi connectivity index (χ2n) is 8.46. The molecule has 2 atom stereocenters. The largest absolute Gasteiger partial charge is 0.481 e. The van der Waals surface area contributed by atoms with Crippen LogP contribution in [0.4, 0.5) is 0 Å². The zero-order chi connectivity index (χ0) is 24.6. The maximum absolute atomic E-state index is 13.3. The van der Waals surface area contributed by atoms with Crippen molar-refractivity contribution >= 4 is 35.1 Å². The van der Waals surface area contributed by atoms with Gasteiger partial charge >= 0.3 is 5.97 Å². The van der Waals surface area contributed by atoms with Gasteiger partial charge in [-0.05, 0) is 46.7 Å². The summed E-state index contributed by atoms with van der Waals surface area (Å²) in [6.07, 6.45) is 4.21. The number of carboxylic acid groups (broad SMARTS) is 1. The van der Waals surface area contributed by atoms with Gasteiger partial charge in [0.15, 0.2) is 0 Å². The van der Waals surface area contributed by atoms with Crippen molar-refractivity contribution in [3.05, 3.63) is 75.0 Å². The first-order chi connectivity index (χ1) is 16.2. The van der Waals surface area contributed by atoms with Crippen LogP contribution in [-0.2, 0) is 29.8 Å². The Kier molecular flexibility index (Phi) is 6.98. The van der Waals surface area contributed by atoms with E-state index in [4.69, 9.17) is 28.0 Å². The molecule has 1 amide bonds. The van der Waals surface area contributed by atoms with E-state index in [2.05, 4.69) is 5.10 Å². The SMILES string of the molecule is CCC(c1cccc2c1CON(C(=O)c1c(Cl)cc(-c3cnn(C)c3)cc1Cl)C2)C(C)C(=O)O. The van der Waals surface area contributed by atoms with Crippen LogP contribution in [0.1, 0.15) is 53.2 Å². The quantitative estimate of drug-likeness (QED) is 0.468. The molecule has 2 unspecified atom stereocenters. The molecule has 0 fully saturated rings. The number of amides is 1. The molecule has 0 saturated heterocycles. The van der Waals surface area contributed by atoms with Crippen LogP contribution in [0.2, 0.25) is 10.0 Å². The lowest BCUT2D eigenvalue weighted by molar-refractivity contribution is -0.150. The highest BCUT2D eigenvalue weighted by molar-refractivity contribution is 6.40. The minimum absolute atomic E-state index is 0.151. The van der Waals surface area contributed by atoms with E-state index in [0.717, 1.165) is 27.8 Å². The van der Waals surface area contributed by atoms with Gasteiger partial charge in [-0.1, -0.05) is 55.2 Å². The molecule has 1 aliphatic heterocycles. The molecule has 0 spiro atoms. The van der Waals surface area contributed by atoms with Crippen molar-refractivity contribution in [3.8, 4) is 11.1 Å². The highest BCUT2D eigenvalue weighted by atomic mass is 35.5. The number of halogens is 2. The number of carboxylic acids is 1. The summed E-state index contributed by atoms with van der Waals surface area (Å²) in [6.45, 7) is 4.05. The summed E-state index contributed by atoms with van der Waals surface area (Å²) < 4.78 is 1.67. The summed E-state index contributed by atoms with van der Waals surface area (Å²) in [5, 5.41) is 15.4. The topological polar surface area (TPSA) is 84.7 Å². The smallest absolute Gasteiger partial charge is 0.306 e. The molecule has 1 N–H and O–H groups in total. The molecule has 0 aliphatic carbocycles. The van der Waals surface area contributed by atoms with Gasteiger partial charge < -0.3 is 5.11 Å². The molecular formula is C25H25Cl2N3O4.